The summed E-state index contributed by atoms with van der Waals surface area (Å²) in [5, 5.41) is 3.19. The Morgan fingerprint density at radius 1 is 0.951 bits per heavy atom. The molecule has 2 amide bonds. The van der Waals surface area contributed by atoms with Gasteiger partial charge in [0.05, 0.1) is 11.9 Å². The predicted octanol–water partition coefficient (Wildman–Crippen LogP) is 5.53. The number of rotatable bonds is 11. The molecule has 0 bridgehead atoms. The molecule has 4 rings (SSSR count). The first-order chi connectivity index (χ1) is 19.5. The van der Waals surface area contributed by atoms with Gasteiger partial charge in [-0.3, -0.25) is 13.9 Å². The number of hydrogen-bond donors (Lipinski definition) is 1. The molecule has 0 saturated heterocycles. The lowest BCUT2D eigenvalue weighted by atomic mass is 10.0. The van der Waals surface area contributed by atoms with Gasteiger partial charge in [0.1, 0.15) is 12.6 Å². The van der Waals surface area contributed by atoms with Crippen LogP contribution in [-0.4, -0.2) is 50.0 Å². The Morgan fingerprint density at radius 2 is 1.61 bits per heavy atom. The maximum atomic E-state index is 14.2. The molecule has 3 aromatic carbocycles. The average Bonchev–Trinajstić information content (AvgIpc) is 3.44. The first kappa shape index (κ1) is 30.8. The van der Waals surface area contributed by atoms with E-state index in [1.807, 2.05) is 68.4 Å². The quantitative estimate of drug-likeness (QED) is 0.299. The Labute approximate surface area is 252 Å². The van der Waals surface area contributed by atoms with Gasteiger partial charge in [-0.15, -0.1) is 0 Å². The van der Waals surface area contributed by atoms with E-state index in [1.165, 1.54) is 0 Å². The topological polar surface area (TPSA) is 86.8 Å². The van der Waals surface area contributed by atoms with E-state index in [2.05, 4.69) is 21.2 Å². The standard InChI is InChI=1S/C32H38BrN3O4S/c1-23-11-7-8-14-26(23)21-35(31(37)22-36(41(3,39)40)28-17-18-29(33)24(2)19-28)30(20-25-12-5-4-6-13-25)32(38)34-27-15-9-10-16-27/h4-8,11-14,17-19,27,30H,9-10,15-16,20-22H2,1-3H3,(H,34,38)/t30-/m0/s1. The van der Waals surface area contributed by atoms with E-state index >= 15 is 0 Å². The van der Waals surface area contributed by atoms with Crippen molar-refractivity contribution < 1.29 is 18.0 Å². The van der Waals surface area contributed by atoms with Crippen LogP contribution < -0.4 is 9.62 Å². The second-order valence-electron chi connectivity index (χ2n) is 10.8. The third kappa shape index (κ3) is 8.20. The number of hydrogen-bond acceptors (Lipinski definition) is 4. The van der Waals surface area contributed by atoms with Gasteiger partial charge in [-0.25, -0.2) is 8.42 Å². The number of nitrogens with zero attached hydrogens (tertiary/aromatic N) is 2. The lowest BCUT2D eigenvalue weighted by Crippen LogP contribution is -2.54. The molecule has 0 heterocycles. The van der Waals surface area contributed by atoms with Gasteiger partial charge in [0, 0.05) is 23.5 Å². The van der Waals surface area contributed by atoms with Crippen molar-refractivity contribution >= 4 is 43.5 Å². The van der Waals surface area contributed by atoms with Crippen LogP contribution in [0.3, 0.4) is 0 Å². The highest BCUT2D eigenvalue weighted by Gasteiger charge is 2.34. The van der Waals surface area contributed by atoms with Crippen LogP contribution in [0.4, 0.5) is 5.69 Å². The van der Waals surface area contributed by atoms with Crippen molar-refractivity contribution in [1.82, 2.24) is 10.2 Å². The van der Waals surface area contributed by atoms with E-state index in [0.717, 1.165) is 63.0 Å². The maximum Gasteiger partial charge on any atom is 0.244 e. The van der Waals surface area contributed by atoms with Crippen molar-refractivity contribution in [3.63, 3.8) is 0 Å². The zero-order valence-electron chi connectivity index (χ0n) is 23.8. The van der Waals surface area contributed by atoms with Crippen LogP contribution in [0.1, 0.15) is 47.9 Å². The molecule has 0 aliphatic heterocycles. The second kappa shape index (κ2) is 13.7. The lowest BCUT2D eigenvalue weighted by molar-refractivity contribution is -0.140. The fourth-order valence-electron chi connectivity index (χ4n) is 5.29. The highest BCUT2D eigenvalue weighted by Crippen LogP contribution is 2.26. The van der Waals surface area contributed by atoms with Crippen molar-refractivity contribution in [2.24, 2.45) is 0 Å². The summed E-state index contributed by atoms with van der Waals surface area (Å²) in [6.45, 7) is 3.59. The van der Waals surface area contributed by atoms with Crippen LogP contribution in [-0.2, 0) is 32.6 Å². The van der Waals surface area contributed by atoms with E-state index < -0.39 is 28.5 Å². The molecule has 1 saturated carbocycles. The van der Waals surface area contributed by atoms with Crippen molar-refractivity contribution in [3.8, 4) is 0 Å². The minimum atomic E-state index is -3.81. The van der Waals surface area contributed by atoms with Crippen LogP contribution in [0.5, 0.6) is 0 Å². The van der Waals surface area contributed by atoms with E-state index in [9.17, 15) is 18.0 Å². The Balaban J connectivity index is 1.74. The van der Waals surface area contributed by atoms with Gasteiger partial charge in [0.15, 0.2) is 0 Å². The molecule has 218 valence electrons. The second-order valence-corrected chi connectivity index (χ2v) is 13.6. The molecule has 7 nitrogen and oxygen atoms in total. The van der Waals surface area contributed by atoms with Crippen LogP contribution >= 0.6 is 15.9 Å². The smallest absolute Gasteiger partial charge is 0.244 e. The molecule has 1 N–H and O–H groups in total. The van der Waals surface area contributed by atoms with Gasteiger partial charge in [0.2, 0.25) is 21.8 Å². The summed E-state index contributed by atoms with van der Waals surface area (Å²) in [7, 11) is -3.81. The van der Waals surface area contributed by atoms with Crippen LogP contribution in [0.15, 0.2) is 77.3 Å². The van der Waals surface area contributed by atoms with Gasteiger partial charge >= 0.3 is 0 Å². The van der Waals surface area contributed by atoms with E-state index in [0.29, 0.717) is 12.1 Å². The number of benzene rings is 3. The number of carbonyl (C=O) groups is 2. The first-order valence-corrected chi connectivity index (χ1v) is 16.6. The molecule has 0 unspecified atom stereocenters. The molecule has 3 aromatic rings. The van der Waals surface area contributed by atoms with Gasteiger partial charge in [-0.1, -0.05) is 83.4 Å². The number of nitrogens with one attached hydrogen (secondary N) is 1. The Kier molecular flexibility index (Phi) is 10.3. The third-order valence-electron chi connectivity index (χ3n) is 7.68. The number of carbonyl (C=O) groups excluding carboxylic acids is 2. The highest BCUT2D eigenvalue weighted by molar-refractivity contribution is 9.10. The van der Waals surface area contributed by atoms with Crippen molar-refractivity contribution in [1.29, 1.82) is 0 Å². The van der Waals surface area contributed by atoms with Crippen molar-refractivity contribution in [2.45, 2.75) is 64.6 Å². The molecular formula is C32H38BrN3O4S. The zero-order valence-corrected chi connectivity index (χ0v) is 26.2. The summed E-state index contributed by atoms with van der Waals surface area (Å²) in [5.41, 5.74) is 4.05. The third-order valence-corrected chi connectivity index (χ3v) is 9.71. The molecule has 1 fully saturated rings. The van der Waals surface area contributed by atoms with Crippen molar-refractivity contribution in [2.75, 3.05) is 17.1 Å². The fourth-order valence-corrected chi connectivity index (χ4v) is 6.38. The number of amides is 2. The zero-order chi connectivity index (χ0) is 29.6. The SMILES string of the molecule is Cc1cc(N(CC(=O)N(Cc2ccccc2C)[C@@H](Cc2ccccc2)C(=O)NC2CCCC2)S(C)(=O)=O)ccc1Br. The number of halogens is 1. The summed E-state index contributed by atoms with van der Waals surface area (Å²) in [5.74, 6) is -0.658. The van der Waals surface area contributed by atoms with Crippen LogP contribution in [0.25, 0.3) is 0 Å². The van der Waals surface area contributed by atoms with E-state index in [4.69, 9.17) is 0 Å². The van der Waals surface area contributed by atoms with Gasteiger partial charge < -0.3 is 10.2 Å². The number of aryl methyl sites for hydroxylation is 2. The Bertz CT molecular complexity index is 1470. The maximum absolute atomic E-state index is 14.2. The van der Waals surface area contributed by atoms with Gasteiger partial charge in [-0.2, -0.15) is 0 Å². The van der Waals surface area contributed by atoms with E-state index in [-0.39, 0.29) is 18.5 Å². The summed E-state index contributed by atoms with van der Waals surface area (Å²) < 4.78 is 27.9. The lowest BCUT2D eigenvalue weighted by Gasteiger charge is -2.34. The Morgan fingerprint density at radius 3 is 2.24 bits per heavy atom. The van der Waals surface area contributed by atoms with E-state index in [1.54, 1.807) is 23.1 Å². The summed E-state index contributed by atoms with van der Waals surface area (Å²) in [6.07, 6.45) is 5.37. The summed E-state index contributed by atoms with van der Waals surface area (Å²) >= 11 is 3.46. The fraction of sp³-hybridized carbons (Fsp3) is 0.375. The van der Waals surface area contributed by atoms with Crippen LogP contribution in [0.2, 0.25) is 0 Å². The molecule has 1 atom stereocenters. The first-order valence-electron chi connectivity index (χ1n) is 13.9. The highest BCUT2D eigenvalue weighted by atomic mass is 79.9. The van der Waals surface area contributed by atoms with Gasteiger partial charge in [-0.05, 0) is 67.1 Å². The van der Waals surface area contributed by atoms with Crippen molar-refractivity contribution in [3.05, 3.63) is 99.5 Å². The normalized spacial score (nSPS) is 14.4. The largest absolute Gasteiger partial charge is 0.352 e. The predicted molar refractivity (Wildman–Crippen MR) is 167 cm³/mol. The van der Waals surface area contributed by atoms with Crippen LogP contribution in [0, 0.1) is 13.8 Å². The number of sulfonamides is 1. The minimum absolute atomic E-state index is 0.0782. The summed E-state index contributed by atoms with van der Waals surface area (Å²) in [4.78, 5) is 29.7. The minimum Gasteiger partial charge on any atom is -0.352 e. The molecule has 0 radical (unpaired) electrons. The molecule has 9 heteroatoms. The molecule has 1 aliphatic rings. The molecule has 0 spiro atoms. The molecular weight excluding hydrogens is 602 g/mol. The molecule has 1 aliphatic carbocycles. The number of anilines is 1. The summed E-state index contributed by atoms with van der Waals surface area (Å²) in [6, 6.07) is 21.8. The van der Waals surface area contributed by atoms with Gasteiger partial charge in [0.25, 0.3) is 0 Å². The molecule has 0 aromatic heterocycles. The average molecular weight is 641 g/mol. The molecule has 41 heavy (non-hydrogen) atoms. The monoisotopic (exact) mass is 639 g/mol. The Hall–Kier alpha value is -3.17.